The Morgan fingerprint density at radius 3 is 1.53 bits per heavy atom. The van der Waals surface area contributed by atoms with Crippen LogP contribution in [0.5, 0.6) is 0 Å². The molecule has 0 aliphatic heterocycles. The summed E-state index contributed by atoms with van der Waals surface area (Å²) in [5.74, 6) is -4.48. The molecule has 0 aromatic heterocycles. The van der Waals surface area contributed by atoms with Crippen LogP contribution in [0, 0.1) is 17.3 Å². The van der Waals surface area contributed by atoms with Gasteiger partial charge >= 0.3 is 12.4 Å². The molecule has 0 nitrogen and oxygen atoms in total. The lowest BCUT2D eigenvalue weighted by atomic mass is 9.69. The minimum absolute atomic E-state index is 0.00329. The first-order valence-electron chi connectivity index (χ1n) is 5.57. The van der Waals surface area contributed by atoms with E-state index in [0.717, 1.165) is 0 Å². The van der Waals surface area contributed by atoms with E-state index in [-0.39, 0.29) is 18.3 Å². The molecule has 1 rings (SSSR count). The molecule has 0 aromatic rings. The molecule has 0 radical (unpaired) electrons. The van der Waals surface area contributed by atoms with E-state index >= 15 is 0 Å². The fourth-order valence-electron chi connectivity index (χ4n) is 2.48. The summed E-state index contributed by atoms with van der Waals surface area (Å²) in [6.07, 6.45) is -9.55. The quantitative estimate of drug-likeness (QED) is 0.587. The Morgan fingerprint density at radius 2 is 1.24 bits per heavy atom. The van der Waals surface area contributed by atoms with Gasteiger partial charge in [-0.25, -0.2) is 0 Å². The number of halogens is 6. The highest BCUT2D eigenvalue weighted by molar-refractivity contribution is 4.88. The molecule has 102 valence electrons. The fraction of sp³-hybridized carbons (Fsp3) is 1.00. The zero-order valence-corrected chi connectivity index (χ0v) is 9.75. The van der Waals surface area contributed by atoms with Crippen molar-refractivity contribution in [2.45, 2.75) is 51.9 Å². The largest absolute Gasteiger partial charge is 0.400 e. The zero-order valence-electron chi connectivity index (χ0n) is 9.75. The summed E-state index contributed by atoms with van der Waals surface area (Å²) in [4.78, 5) is 0. The lowest BCUT2D eigenvalue weighted by molar-refractivity contribution is -0.301. The van der Waals surface area contributed by atoms with Crippen LogP contribution in [-0.4, -0.2) is 12.4 Å². The van der Waals surface area contributed by atoms with Crippen molar-refractivity contribution in [2.24, 2.45) is 17.3 Å². The molecule has 0 atom stereocenters. The zero-order chi connectivity index (χ0) is 13.5. The Balaban J connectivity index is 2.81. The number of hydrogen-bond donors (Lipinski definition) is 0. The van der Waals surface area contributed by atoms with Crippen LogP contribution in [0.1, 0.15) is 39.5 Å². The van der Waals surface area contributed by atoms with Crippen LogP contribution in [0.15, 0.2) is 0 Å². The summed E-state index contributed by atoms with van der Waals surface area (Å²) in [7, 11) is 0. The van der Waals surface area contributed by atoms with Crippen molar-refractivity contribution in [1.29, 1.82) is 0 Å². The SMILES string of the molecule is CC1(C)CCC(C(C(F)(F)F)C(F)(F)F)CC1. The number of rotatable bonds is 1. The monoisotopic (exact) mass is 262 g/mol. The van der Waals surface area contributed by atoms with Crippen LogP contribution in [-0.2, 0) is 0 Å². The molecule has 0 saturated heterocycles. The molecule has 1 aliphatic rings. The first-order chi connectivity index (χ1) is 7.43. The molecule has 0 heterocycles. The standard InChI is InChI=1S/C11H16F6/c1-9(2)5-3-7(4-6-9)8(10(12,13)14)11(15,16)17/h7-8H,3-6H2,1-2H3. The van der Waals surface area contributed by atoms with E-state index in [0.29, 0.717) is 12.8 Å². The predicted octanol–water partition coefficient (Wildman–Crippen LogP) is 4.94. The Kier molecular flexibility index (Phi) is 3.75. The average Bonchev–Trinajstić information content (AvgIpc) is 2.03. The van der Waals surface area contributed by atoms with Crippen LogP contribution in [0.25, 0.3) is 0 Å². The van der Waals surface area contributed by atoms with Crippen LogP contribution in [0.2, 0.25) is 0 Å². The first kappa shape index (κ1) is 14.6. The summed E-state index contributed by atoms with van der Waals surface area (Å²) in [5.41, 5.74) is -0.141. The predicted molar refractivity (Wildman–Crippen MR) is 51.3 cm³/mol. The van der Waals surface area contributed by atoms with E-state index < -0.39 is 24.2 Å². The van der Waals surface area contributed by atoms with Crippen LogP contribution < -0.4 is 0 Å². The van der Waals surface area contributed by atoms with Gasteiger partial charge in [0.15, 0.2) is 5.92 Å². The van der Waals surface area contributed by atoms with E-state index in [9.17, 15) is 26.3 Å². The molecule has 1 aliphatic carbocycles. The van der Waals surface area contributed by atoms with Crippen LogP contribution in [0.3, 0.4) is 0 Å². The normalized spacial score (nSPS) is 23.1. The van der Waals surface area contributed by atoms with Gasteiger partial charge in [-0.3, -0.25) is 0 Å². The van der Waals surface area contributed by atoms with Gasteiger partial charge in [-0.05, 0) is 37.0 Å². The Bertz CT molecular complexity index is 238. The van der Waals surface area contributed by atoms with E-state index in [2.05, 4.69) is 0 Å². The van der Waals surface area contributed by atoms with E-state index in [1.54, 1.807) is 0 Å². The summed E-state index contributed by atoms with van der Waals surface area (Å²) < 4.78 is 74.8. The molecule has 17 heavy (non-hydrogen) atoms. The number of alkyl halides is 6. The lowest BCUT2D eigenvalue weighted by Crippen LogP contribution is -2.43. The second kappa shape index (κ2) is 4.35. The van der Waals surface area contributed by atoms with Crippen LogP contribution in [0.4, 0.5) is 26.3 Å². The third kappa shape index (κ3) is 3.78. The van der Waals surface area contributed by atoms with Gasteiger partial charge in [-0.2, -0.15) is 26.3 Å². The third-order valence-electron chi connectivity index (χ3n) is 3.56. The third-order valence-corrected chi connectivity index (χ3v) is 3.56. The van der Waals surface area contributed by atoms with Gasteiger partial charge in [0.1, 0.15) is 0 Å². The Morgan fingerprint density at radius 1 is 0.882 bits per heavy atom. The highest BCUT2D eigenvalue weighted by Gasteiger charge is 2.60. The van der Waals surface area contributed by atoms with Crippen molar-refractivity contribution in [3.8, 4) is 0 Å². The van der Waals surface area contributed by atoms with Gasteiger partial charge in [0, 0.05) is 0 Å². The molecular weight excluding hydrogens is 246 g/mol. The van der Waals surface area contributed by atoms with Crippen molar-refractivity contribution in [3.63, 3.8) is 0 Å². The van der Waals surface area contributed by atoms with Crippen molar-refractivity contribution in [2.75, 3.05) is 0 Å². The second-order valence-electron chi connectivity index (χ2n) is 5.56. The first-order valence-corrected chi connectivity index (χ1v) is 5.57. The highest BCUT2D eigenvalue weighted by Crippen LogP contribution is 2.50. The van der Waals surface area contributed by atoms with Gasteiger partial charge in [-0.1, -0.05) is 13.8 Å². The summed E-state index contributed by atoms with van der Waals surface area (Å²) >= 11 is 0. The molecule has 0 aromatic carbocycles. The summed E-state index contributed by atoms with van der Waals surface area (Å²) in [6, 6.07) is 0. The van der Waals surface area contributed by atoms with Gasteiger partial charge in [0.25, 0.3) is 0 Å². The van der Waals surface area contributed by atoms with Crippen molar-refractivity contribution >= 4 is 0 Å². The maximum absolute atomic E-state index is 12.5. The van der Waals surface area contributed by atoms with Crippen LogP contribution >= 0.6 is 0 Å². The maximum atomic E-state index is 12.5. The highest BCUT2D eigenvalue weighted by atomic mass is 19.4. The molecular formula is C11H16F6. The van der Waals surface area contributed by atoms with E-state index in [4.69, 9.17) is 0 Å². The average molecular weight is 262 g/mol. The minimum Gasteiger partial charge on any atom is -0.170 e. The number of hydrogen-bond acceptors (Lipinski definition) is 0. The van der Waals surface area contributed by atoms with Gasteiger partial charge in [0.05, 0.1) is 0 Å². The molecule has 0 unspecified atom stereocenters. The molecule has 0 bridgehead atoms. The molecule has 6 heteroatoms. The topological polar surface area (TPSA) is 0 Å². The fourth-order valence-corrected chi connectivity index (χ4v) is 2.48. The van der Waals surface area contributed by atoms with Gasteiger partial charge in [0.2, 0.25) is 0 Å². The molecule has 1 saturated carbocycles. The molecule has 0 spiro atoms. The van der Waals surface area contributed by atoms with Gasteiger partial charge in [-0.15, -0.1) is 0 Å². The lowest BCUT2D eigenvalue weighted by Gasteiger charge is -2.39. The molecule has 1 fully saturated rings. The summed E-state index contributed by atoms with van der Waals surface area (Å²) in [5, 5.41) is 0. The van der Waals surface area contributed by atoms with Gasteiger partial charge < -0.3 is 0 Å². The second-order valence-corrected chi connectivity index (χ2v) is 5.56. The van der Waals surface area contributed by atoms with Crippen molar-refractivity contribution < 1.29 is 26.3 Å². The summed E-state index contributed by atoms with van der Waals surface area (Å²) in [6.45, 7) is 3.75. The Hall–Kier alpha value is -0.420. The van der Waals surface area contributed by atoms with E-state index in [1.807, 2.05) is 13.8 Å². The van der Waals surface area contributed by atoms with E-state index in [1.165, 1.54) is 0 Å². The molecule has 0 N–H and O–H groups in total. The minimum atomic E-state index is -5.19. The smallest absolute Gasteiger partial charge is 0.170 e. The maximum Gasteiger partial charge on any atom is 0.400 e. The Labute approximate surface area is 96.4 Å². The molecule has 0 amide bonds. The van der Waals surface area contributed by atoms with Crippen molar-refractivity contribution in [3.05, 3.63) is 0 Å². The van der Waals surface area contributed by atoms with Crippen molar-refractivity contribution in [1.82, 2.24) is 0 Å².